The van der Waals surface area contributed by atoms with Crippen molar-refractivity contribution in [3.05, 3.63) is 126 Å². The zero-order valence-corrected chi connectivity index (χ0v) is 25.5. The van der Waals surface area contributed by atoms with Gasteiger partial charge in [-0.2, -0.15) is 0 Å². The second kappa shape index (κ2) is 14.4. The number of rotatable bonds is 11. The zero-order valence-electron chi connectivity index (χ0n) is 25.5. The van der Waals surface area contributed by atoms with E-state index in [1.54, 1.807) is 11.0 Å². The third-order valence-corrected chi connectivity index (χ3v) is 9.15. The number of likely N-dealkylation sites (tertiary alicyclic amines) is 1. The molecular weight excluding hydrogens is 548 g/mol. The van der Waals surface area contributed by atoms with E-state index in [2.05, 4.69) is 30.9 Å². The minimum absolute atomic E-state index is 0.0669. The van der Waals surface area contributed by atoms with E-state index in [1.807, 2.05) is 91.0 Å². The van der Waals surface area contributed by atoms with Crippen LogP contribution in [0, 0.1) is 11.8 Å². The number of carbonyl (C=O) groups is 2. The predicted octanol–water partition coefficient (Wildman–Crippen LogP) is 7.19. The summed E-state index contributed by atoms with van der Waals surface area (Å²) < 4.78 is 0. The van der Waals surface area contributed by atoms with Crippen LogP contribution in [0.3, 0.4) is 0 Å². The molecule has 44 heavy (non-hydrogen) atoms. The second-order valence-electron chi connectivity index (χ2n) is 12.1. The van der Waals surface area contributed by atoms with Crippen molar-refractivity contribution in [1.82, 2.24) is 9.80 Å². The molecule has 5 rings (SSSR count). The monoisotopic (exact) mass is 590 g/mol. The number of hydrogen-bond donors (Lipinski definition) is 2. The standard InChI is InChI=1S/C38H42N2O4/c1-27-20-22-39(37(28(27)2)33-14-9-15-34(41)25-33)23-21-36(42)40(35(38(43)44)24-29-10-5-3-6-11-29)26-30-16-18-32(19-17-30)31-12-7-4-8-13-31/h3-19,25,27-28,35,37,41H,20-24,26H2,1-2H3,(H,43,44)/t27-,28-,35+,37?/m1/s1. The van der Waals surface area contributed by atoms with Crippen molar-refractivity contribution in [2.24, 2.45) is 11.8 Å². The van der Waals surface area contributed by atoms with E-state index in [1.165, 1.54) is 0 Å². The number of amides is 1. The van der Waals surface area contributed by atoms with Gasteiger partial charge < -0.3 is 15.1 Å². The maximum atomic E-state index is 14.1. The van der Waals surface area contributed by atoms with Gasteiger partial charge in [-0.15, -0.1) is 0 Å². The topological polar surface area (TPSA) is 81.1 Å². The predicted molar refractivity (Wildman–Crippen MR) is 174 cm³/mol. The third kappa shape index (κ3) is 7.56. The summed E-state index contributed by atoms with van der Waals surface area (Å²) in [6, 6.07) is 34.1. The SMILES string of the molecule is C[C@@H]1CCN(CCC(=O)N(Cc2ccc(-c3ccccc3)cc2)[C@@H](Cc2ccccc2)C(=O)O)C(c2cccc(O)c2)[C@@H]1C. The molecule has 0 saturated carbocycles. The van der Waals surface area contributed by atoms with Crippen LogP contribution >= 0.6 is 0 Å². The molecule has 2 N–H and O–H groups in total. The largest absolute Gasteiger partial charge is 0.508 e. The molecule has 1 amide bonds. The van der Waals surface area contributed by atoms with Crippen LogP contribution in [0.25, 0.3) is 11.1 Å². The van der Waals surface area contributed by atoms with Crippen molar-refractivity contribution in [2.45, 2.75) is 51.7 Å². The van der Waals surface area contributed by atoms with Crippen LogP contribution < -0.4 is 0 Å². The van der Waals surface area contributed by atoms with Gasteiger partial charge >= 0.3 is 5.97 Å². The Bertz CT molecular complexity index is 1520. The molecule has 6 heteroatoms. The number of nitrogens with zero attached hydrogens (tertiary/aromatic N) is 2. The Hall–Kier alpha value is -4.42. The third-order valence-electron chi connectivity index (χ3n) is 9.15. The Morgan fingerprint density at radius 1 is 0.841 bits per heavy atom. The number of carboxylic acid groups (broad SMARTS) is 1. The summed E-state index contributed by atoms with van der Waals surface area (Å²) in [4.78, 5) is 30.6. The van der Waals surface area contributed by atoms with Crippen LogP contribution in [-0.4, -0.2) is 51.0 Å². The van der Waals surface area contributed by atoms with Crippen molar-refractivity contribution >= 4 is 11.9 Å². The van der Waals surface area contributed by atoms with Gasteiger partial charge in [-0.1, -0.05) is 111 Å². The fraction of sp³-hybridized carbons (Fsp3) is 0.316. The average molecular weight is 591 g/mol. The molecule has 6 nitrogen and oxygen atoms in total. The molecule has 0 aromatic heterocycles. The molecule has 1 saturated heterocycles. The van der Waals surface area contributed by atoms with E-state index in [9.17, 15) is 19.8 Å². The van der Waals surface area contributed by atoms with Gasteiger partial charge in [0.1, 0.15) is 11.8 Å². The lowest BCUT2D eigenvalue weighted by Gasteiger charge is -2.44. The summed E-state index contributed by atoms with van der Waals surface area (Å²) in [6.07, 6.45) is 1.46. The number of phenolic OH excluding ortho intramolecular Hbond substituents is 1. The molecule has 4 aromatic rings. The lowest BCUT2D eigenvalue weighted by atomic mass is 9.79. The molecule has 1 aliphatic heterocycles. The first kappa shape index (κ1) is 31.0. The number of benzene rings is 4. The van der Waals surface area contributed by atoms with Gasteiger partial charge in [0, 0.05) is 32.0 Å². The van der Waals surface area contributed by atoms with Crippen molar-refractivity contribution in [3.8, 4) is 16.9 Å². The zero-order chi connectivity index (χ0) is 31.1. The normalized spacial score (nSPS) is 19.3. The Morgan fingerprint density at radius 3 is 2.16 bits per heavy atom. The molecule has 0 aliphatic carbocycles. The van der Waals surface area contributed by atoms with Crippen molar-refractivity contribution in [1.29, 1.82) is 0 Å². The number of aromatic hydroxyl groups is 1. The molecule has 4 aromatic carbocycles. The number of aliphatic carboxylic acids is 1. The Balaban J connectivity index is 1.38. The van der Waals surface area contributed by atoms with Crippen LogP contribution in [0.5, 0.6) is 5.75 Å². The number of phenols is 1. The first-order valence-electron chi connectivity index (χ1n) is 15.5. The maximum Gasteiger partial charge on any atom is 0.326 e. The van der Waals surface area contributed by atoms with Gasteiger partial charge in [0.25, 0.3) is 0 Å². The van der Waals surface area contributed by atoms with Gasteiger partial charge in [-0.05, 0) is 64.8 Å². The summed E-state index contributed by atoms with van der Waals surface area (Å²) >= 11 is 0. The first-order valence-corrected chi connectivity index (χ1v) is 15.5. The minimum atomic E-state index is -1.01. The van der Waals surface area contributed by atoms with Gasteiger partial charge in [0.15, 0.2) is 0 Å². The van der Waals surface area contributed by atoms with Gasteiger partial charge in [-0.25, -0.2) is 4.79 Å². The van der Waals surface area contributed by atoms with Crippen LogP contribution in [0.15, 0.2) is 109 Å². The van der Waals surface area contributed by atoms with E-state index >= 15 is 0 Å². The van der Waals surface area contributed by atoms with E-state index in [4.69, 9.17) is 0 Å². The molecule has 0 radical (unpaired) electrons. The Morgan fingerprint density at radius 2 is 1.50 bits per heavy atom. The van der Waals surface area contributed by atoms with Crippen molar-refractivity contribution in [3.63, 3.8) is 0 Å². The molecule has 4 atom stereocenters. The van der Waals surface area contributed by atoms with Gasteiger partial charge in [0.2, 0.25) is 5.91 Å². The molecule has 1 fully saturated rings. The average Bonchev–Trinajstić information content (AvgIpc) is 3.04. The molecule has 0 spiro atoms. The highest BCUT2D eigenvalue weighted by Crippen LogP contribution is 2.40. The summed E-state index contributed by atoms with van der Waals surface area (Å²) in [5.41, 5.74) is 4.97. The smallest absolute Gasteiger partial charge is 0.326 e. The maximum absolute atomic E-state index is 14.1. The van der Waals surface area contributed by atoms with E-state index in [0.29, 0.717) is 18.4 Å². The van der Waals surface area contributed by atoms with Crippen molar-refractivity contribution in [2.75, 3.05) is 13.1 Å². The van der Waals surface area contributed by atoms with E-state index < -0.39 is 12.0 Å². The number of piperidine rings is 1. The van der Waals surface area contributed by atoms with Crippen LogP contribution in [0.2, 0.25) is 0 Å². The molecule has 1 unspecified atom stereocenters. The van der Waals surface area contributed by atoms with E-state index in [-0.39, 0.29) is 37.1 Å². The number of carboxylic acids is 1. The number of hydrogen-bond acceptors (Lipinski definition) is 4. The summed E-state index contributed by atoms with van der Waals surface area (Å²) in [5, 5.41) is 20.6. The molecule has 1 aliphatic rings. The fourth-order valence-electron chi connectivity index (χ4n) is 6.44. The van der Waals surface area contributed by atoms with Gasteiger partial charge in [-0.3, -0.25) is 9.69 Å². The second-order valence-corrected chi connectivity index (χ2v) is 12.1. The highest BCUT2D eigenvalue weighted by Gasteiger charge is 2.36. The Kier molecular flexibility index (Phi) is 10.1. The first-order chi connectivity index (χ1) is 21.3. The Labute approximate surface area is 260 Å². The highest BCUT2D eigenvalue weighted by atomic mass is 16.4. The van der Waals surface area contributed by atoms with Crippen molar-refractivity contribution < 1.29 is 19.8 Å². The summed E-state index contributed by atoms with van der Waals surface area (Å²) in [6.45, 7) is 6.05. The minimum Gasteiger partial charge on any atom is -0.508 e. The summed E-state index contributed by atoms with van der Waals surface area (Å²) in [5.74, 6) is -0.113. The molecule has 228 valence electrons. The van der Waals surface area contributed by atoms with E-state index in [0.717, 1.165) is 40.8 Å². The van der Waals surface area contributed by atoms with Crippen LogP contribution in [0.1, 0.15) is 49.4 Å². The molecular formula is C38H42N2O4. The lowest BCUT2D eigenvalue weighted by molar-refractivity contribution is -0.151. The fourth-order valence-corrected chi connectivity index (χ4v) is 6.44. The molecule has 1 heterocycles. The summed E-state index contributed by atoms with van der Waals surface area (Å²) in [7, 11) is 0. The number of carbonyl (C=O) groups excluding carboxylic acids is 1. The van der Waals surface area contributed by atoms with Crippen LogP contribution in [-0.2, 0) is 22.6 Å². The van der Waals surface area contributed by atoms with Crippen LogP contribution in [0.4, 0.5) is 0 Å². The van der Waals surface area contributed by atoms with Gasteiger partial charge in [0.05, 0.1) is 0 Å². The highest BCUT2D eigenvalue weighted by molar-refractivity contribution is 5.84. The molecule has 0 bridgehead atoms. The quantitative estimate of drug-likeness (QED) is 0.193. The lowest BCUT2D eigenvalue weighted by Crippen LogP contribution is -2.48.